The number of amides is 2. The first-order valence-corrected chi connectivity index (χ1v) is 11.3. The molecule has 3 aromatic rings. The molecule has 4 rings (SSSR count). The van der Waals surface area contributed by atoms with Crippen LogP contribution in [-0.4, -0.2) is 45.8 Å². The Hall–Kier alpha value is -3.06. The fourth-order valence-corrected chi connectivity index (χ4v) is 4.99. The van der Waals surface area contributed by atoms with Gasteiger partial charge in [-0.1, -0.05) is 23.8 Å². The third-order valence-electron chi connectivity index (χ3n) is 5.66. The zero-order chi connectivity index (χ0) is 22.0. The monoisotopic (exact) mass is 434 g/mol. The second-order valence-corrected chi connectivity index (χ2v) is 9.03. The summed E-state index contributed by atoms with van der Waals surface area (Å²) in [5, 5.41) is 4.02. The molecule has 6 nitrogen and oxygen atoms in total. The first-order valence-electron chi connectivity index (χ1n) is 10.5. The molecule has 1 aliphatic heterocycles. The van der Waals surface area contributed by atoms with E-state index in [9.17, 15) is 9.59 Å². The number of carbonyl (C=O) groups excluding carboxylic acids is 2. The van der Waals surface area contributed by atoms with Crippen LogP contribution in [0.25, 0.3) is 10.6 Å². The number of hydrogen-bond acceptors (Lipinski definition) is 5. The summed E-state index contributed by atoms with van der Waals surface area (Å²) in [4.78, 5) is 36.6. The number of carbonyl (C=O) groups is 2. The Morgan fingerprint density at radius 1 is 1.06 bits per heavy atom. The average molecular weight is 435 g/mol. The van der Waals surface area contributed by atoms with Gasteiger partial charge in [-0.25, -0.2) is 4.98 Å². The minimum Gasteiger partial charge on any atom is -0.348 e. The minimum atomic E-state index is -0.0788. The maximum Gasteiger partial charge on any atom is 0.263 e. The number of likely N-dealkylation sites (tertiary alicyclic amines) is 1. The van der Waals surface area contributed by atoms with E-state index in [4.69, 9.17) is 0 Å². The highest BCUT2D eigenvalue weighted by Crippen LogP contribution is 2.31. The molecule has 3 heterocycles. The van der Waals surface area contributed by atoms with Crippen LogP contribution in [0.4, 0.5) is 0 Å². The molecule has 0 aliphatic carbocycles. The lowest BCUT2D eigenvalue weighted by molar-refractivity contribution is 0.0698. The largest absolute Gasteiger partial charge is 0.348 e. The van der Waals surface area contributed by atoms with Gasteiger partial charge in [0.15, 0.2) is 0 Å². The third kappa shape index (κ3) is 4.66. The average Bonchev–Trinajstić information content (AvgIpc) is 3.16. The molecule has 1 N–H and O–H groups in total. The van der Waals surface area contributed by atoms with Crippen LogP contribution in [-0.2, 0) is 0 Å². The van der Waals surface area contributed by atoms with Crippen LogP contribution in [0.1, 0.15) is 49.7 Å². The van der Waals surface area contributed by atoms with Crippen LogP contribution in [0.3, 0.4) is 0 Å². The number of nitrogens with one attached hydrogen (secondary N) is 1. The van der Waals surface area contributed by atoms with Crippen molar-refractivity contribution >= 4 is 23.2 Å². The molecule has 0 bridgehead atoms. The predicted octanol–water partition coefficient (Wildman–Crippen LogP) is 4.16. The van der Waals surface area contributed by atoms with Crippen molar-refractivity contribution in [3.05, 3.63) is 70.0 Å². The summed E-state index contributed by atoms with van der Waals surface area (Å²) in [6, 6.07) is 9.79. The lowest BCUT2D eigenvalue weighted by Crippen LogP contribution is -2.46. The standard InChI is InChI=1S/C24H26N4O2S/c1-15-4-5-20(16(2)14-15)23-26-17(3)21(31-23)22(29)27-19-8-12-28(13-9-19)24(30)18-6-10-25-11-7-18/h4-7,10-11,14,19H,8-9,12-13H2,1-3H3,(H,27,29). The highest BCUT2D eigenvalue weighted by molar-refractivity contribution is 7.17. The van der Waals surface area contributed by atoms with Gasteiger partial charge in [-0.2, -0.15) is 0 Å². The predicted molar refractivity (Wildman–Crippen MR) is 122 cm³/mol. The normalized spacial score (nSPS) is 14.5. The van der Waals surface area contributed by atoms with E-state index in [1.54, 1.807) is 24.5 Å². The van der Waals surface area contributed by atoms with E-state index in [0.29, 0.717) is 23.5 Å². The zero-order valence-corrected chi connectivity index (χ0v) is 18.8. The molecule has 0 spiro atoms. The number of hydrogen-bond donors (Lipinski definition) is 1. The van der Waals surface area contributed by atoms with Gasteiger partial charge in [0.1, 0.15) is 9.88 Å². The number of aryl methyl sites for hydroxylation is 3. The molecule has 0 radical (unpaired) electrons. The molecular formula is C24H26N4O2S. The first-order chi connectivity index (χ1) is 14.9. The van der Waals surface area contributed by atoms with E-state index in [1.165, 1.54) is 16.9 Å². The molecule has 2 aromatic heterocycles. The smallest absolute Gasteiger partial charge is 0.263 e. The minimum absolute atomic E-state index is 0.0172. The van der Waals surface area contributed by atoms with Gasteiger partial charge in [-0.3, -0.25) is 14.6 Å². The molecule has 1 aromatic carbocycles. The molecule has 1 fully saturated rings. The number of benzene rings is 1. The highest BCUT2D eigenvalue weighted by Gasteiger charge is 2.26. The fraction of sp³-hybridized carbons (Fsp3) is 0.333. The second kappa shape index (κ2) is 8.98. The topological polar surface area (TPSA) is 75.2 Å². The van der Waals surface area contributed by atoms with Crippen molar-refractivity contribution in [3.8, 4) is 10.6 Å². The zero-order valence-electron chi connectivity index (χ0n) is 18.0. The van der Waals surface area contributed by atoms with Crippen LogP contribution < -0.4 is 5.32 Å². The molecule has 1 aliphatic rings. The van der Waals surface area contributed by atoms with Crippen molar-refractivity contribution < 1.29 is 9.59 Å². The highest BCUT2D eigenvalue weighted by atomic mass is 32.1. The summed E-state index contributed by atoms with van der Waals surface area (Å²) in [7, 11) is 0. The van der Waals surface area contributed by atoms with E-state index in [-0.39, 0.29) is 17.9 Å². The Morgan fingerprint density at radius 2 is 1.77 bits per heavy atom. The van der Waals surface area contributed by atoms with Crippen LogP contribution in [0, 0.1) is 20.8 Å². The number of thiazole rings is 1. The Morgan fingerprint density at radius 3 is 2.45 bits per heavy atom. The van der Waals surface area contributed by atoms with Gasteiger partial charge in [0, 0.05) is 42.7 Å². The lowest BCUT2D eigenvalue weighted by atomic mass is 10.0. The van der Waals surface area contributed by atoms with Gasteiger partial charge in [0.25, 0.3) is 11.8 Å². The van der Waals surface area contributed by atoms with E-state index in [1.807, 2.05) is 11.8 Å². The van der Waals surface area contributed by atoms with E-state index >= 15 is 0 Å². The van der Waals surface area contributed by atoms with E-state index in [0.717, 1.165) is 34.7 Å². The molecule has 2 amide bonds. The summed E-state index contributed by atoms with van der Waals surface area (Å²) in [6.07, 6.45) is 4.74. The van der Waals surface area contributed by atoms with Crippen molar-refractivity contribution in [1.82, 2.24) is 20.2 Å². The SMILES string of the molecule is Cc1ccc(-c2nc(C)c(C(=O)NC3CCN(C(=O)c4ccncc4)CC3)s2)c(C)c1. The van der Waals surface area contributed by atoms with Gasteiger partial charge in [0.2, 0.25) is 0 Å². The molecule has 0 unspecified atom stereocenters. The molecule has 7 heteroatoms. The van der Waals surface area contributed by atoms with Crippen LogP contribution in [0.15, 0.2) is 42.7 Å². The van der Waals surface area contributed by atoms with Crippen molar-refractivity contribution in [1.29, 1.82) is 0 Å². The Balaban J connectivity index is 1.38. The van der Waals surface area contributed by atoms with Gasteiger partial charge in [-0.05, 0) is 51.3 Å². The summed E-state index contributed by atoms with van der Waals surface area (Å²) in [5.74, 6) is -0.0616. The summed E-state index contributed by atoms with van der Waals surface area (Å²) in [5.41, 5.74) is 4.84. The molecular weight excluding hydrogens is 408 g/mol. The lowest BCUT2D eigenvalue weighted by Gasteiger charge is -2.32. The van der Waals surface area contributed by atoms with E-state index in [2.05, 4.69) is 47.3 Å². The molecule has 0 saturated carbocycles. The Kier molecular flexibility index (Phi) is 6.13. The van der Waals surface area contributed by atoms with Crippen LogP contribution >= 0.6 is 11.3 Å². The maximum absolute atomic E-state index is 12.9. The van der Waals surface area contributed by atoms with Gasteiger partial charge in [0.05, 0.1) is 5.69 Å². The maximum atomic E-state index is 12.9. The summed E-state index contributed by atoms with van der Waals surface area (Å²) in [6.45, 7) is 7.27. The van der Waals surface area contributed by atoms with Crippen LogP contribution in [0.5, 0.6) is 0 Å². The van der Waals surface area contributed by atoms with Crippen molar-refractivity contribution in [2.75, 3.05) is 13.1 Å². The van der Waals surface area contributed by atoms with Gasteiger partial charge >= 0.3 is 0 Å². The van der Waals surface area contributed by atoms with Crippen molar-refractivity contribution in [2.45, 2.75) is 39.7 Å². The van der Waals surface area contributed by atoms with Gasteiger partial charge in [-0.15, -0.1) is 11.3 Å². The molecule has 1 saturated heterocycles. The quantitative estimate of drug-likeness (QED) is 0.669. The molecule has 160 valence electrons. The molecule has 0 atom stereocenters. The number of nitrogens with zero attached hydrogens (tertiary/aromatic N) is 3. The Labute approximate surface area is 186 Å². The van der Waals surface area contributed by atoms with Crippen LogP contribution in [0.2, 0.25) is 0 Å². The van der Waals surface area contributed by atoms with Gasteiger partial charge < -0.3 is 10.2 Å². The first kappa shape index (κ1) is 21.2. The number of piperidine rings is 1. The number of rotatable bonds is 4. The number of aromatic nitrogens is 2. The summed E-state index contributed by atoms with van der Waals surface area (Å²) < 4.78 is 0. The fourth-order valence-electron chi connectivity index (χ4n) is 3.93. The summed E-state index contributed by atoms with van der Waals surface area (Å²) >= 11 is 1.44. The Bertz CT molecular complexity index is 1100. The second-order valence-electron chi connectivity index (χ2n) is 8.03. The van der Waals surface area contributed by atoms with E-state index < -0.39 is 0 Å². The van der Waals surface area contributed by atoms with Crippen molar-refractivity contribution in [2.24, 2.45) is 0 Å². The number of pyridine rings is 1. The van der Waals surface area contributed by atoms with Crippen molar-refractivity contribution in [3.63, 3.8) is 0 Å². The molecule has 31 heavy (non-hydrogen) atoms. The third-order valence-corrected chi connectivity index (χ3v) is 6.85.